The van der Waals surface area contributed by atoms with E-state index in [2.05, 4.69) is 30.0 Å². The summed E-state index contributed by atoms with van der Waals surface area (Å²) >= 11 is 1.50. The molecule has 1 N–H and O–H groups in total. The minimum atomic E-state index is 0.165. The van der Waals surface area contributed by atoms with E-state index in [1.165, 1.54) is 11.3 Å². The molecule has 6 heteroatoms. The van der Waals surface area contributed by atoms with E-state index in [1.807, 2.05) is 53.9 Å². The number of anilines is 1. The van der Waals surface area contributed by atoms with Crippen molar-refractivity contribution in [3.8, 4) is 21.8 Å². The highest BCUT2D eigenvalue weighted by Gasteiger charge is 2.13. The molecule has 0 bridgehead atoms. The lowest BCUT2D eigenvalue weighted by Crippen LogP contribution is -2.21. The molecular weight excluding hydrogens is 370 g/mol. The molecule has 4 rings (SSSR count). The molecule has 2 heterocycles. The van der Waals surface area contributed by atoms with Crippen LogP contribution in [0.2, 0.25) is 0 Å². The maximum Gasteiger partial charge on any atom is 0.265 e. The Morgan fingerprint density at radius 2 is 1.86 bits per heavy atom. The van der Waals surface area contributed by atoms with Gasteiger partial charge in [0.15, 0.2) is 0 Å². The average Bonchev–Trinajstić information content (AvgIpc) is 3.24. The van der Waals surface area contributed by atoms with Gasteiger partial charge in [0.2, 0.25) is 0 Å². The second-order valence-corrected chi connectivity index (χ2v) is 7.22. The molecule has 0 fully saturated rings. The van der Waals surface area contributed by atoms with Crippen molar-refractivity contribution < 1.29 is 9.62 Å². The molecular formula is C22H21N3O2S. The maximum absolute atomic E-state index is 9.53. The fourth-order valence-electron chi connectivity index (χ4n) is 3.26. The molecule has 0 amide bonds. The zero-order valence-corrected chi connectivity index (χ0v) is 16.6. The van der Waals surface area contributed by atoms with E-state index >= 15 is 0 Å². The van der Waals surface area contributed by atoms with Crippen LogP contribution in [0.5, 0.6) is 0 Å². The fraction of sp³-hybridized carbons (Fsp3) is 0.182. The van der Waals surface area contributed by atoms with Crippen molar-refractivity contribution in [3.05, 3.63) is 65.5 Å². The standard InChI is InChI=1S/C22H21N3O2S/c1-3-25(4-2)17-11-10-16-12-18(21(24-26)27-20(16)13-17)22-23-19(14-28-22)15-8-6-5-7-9-15/h5-14,26H,3-4H2,1-2H3. The van der Waals surface area contributed by atoms with Crippen LogP contribution in [0, 0.1) is 0 Å². The molecule has 0 aliphatic carbocycles. The Labute approximate surface area is 167 Å². The molecule has 0 saturated heterocycles. The van der Waals surface area contributed by atoms with Gasteiger partial charge in [0.25, 0.3) is 5.55 Å². The first-order chi connectivity index (χ1) is 13.7. The molecule has 0 unspecified atom stereocenters. The second-order valence-electron chi connectivity index (χ2n) is 6.36. The molecule has 0 aliphatic heterocycles. The lowest BCUT2D eigenvalue weighted by molar-refractivity contribution is 0.277. The number of hydrogen-bond acceptors (Lipinski definition) is 6. The Hall–Kier alpha value is -3.12. The van der Waals surface area contributed by atoms with Gasteiger partial charge < -0.3 is 14.5 Å². The molecule has 142 valence electrons. The van der Waals surface area contributed by atoms with Gasteiger partial charge in [-0.25, -0.2) is 4.98 Å². The van der Waals surface area contributed by atoms with E-state index in [0.29, 0.717) is 11.1 Å². The van der Waals surface area contributed by atoms with Crippen LogP contribution in [0.1, 0.15) is 13.8 Å². The van der Waals surface area contributed by atoms with Gasteiger partial charge in [-0.15, -0.1) is 11.3 Å². The molecule has 0 saturated carbocycles. The van der Waals surface area contributed by atoms with Gasteiger partial charge in [-0.3, -0.25) is 0 Å². The molecule has 28 heavy (non-hydrogen) atoms. The number of rotatable bonds is 5. The van der Waals surface area contributed by atoms with E-state index in [-0.39, 0.29) is 5.55 Å². The summed E-state index contributed by atoms with van der Waals surface area (Å²) in [5.74, 6) is 0. The topological polar surface area (TPSA) is 61.9 Å². The summed E-state index contributed by atoms with van der Waals surface area (Å²) in [6.07, 6.45) is 0. The van der Waals surface area contributed by atoms with E-state index in [4.69, 9.17) is 9.40 Å². The third-order valence-corrected chi connectivity index (χ3v) is 5.63. The fourth-order valence-corrected chi connectivity index (χ4v) is 4.10. The number of thiazole rings is 1. The zero-order chi connectivity index (χ0) is 19.5. The maximum atomic E-state index is 9.53. The molecule has 2 aromatic carbocycles. The Kier molecular flexibility index (Phi) is 5.12. The lowest BCUT2D eigenvalue weighted by atomic mass is 10.1. The van der Waals surface area contributed by atoms with Crippen molar-refractivity contribution in [1.29, 1.82) is 0 Å². The highest BCUT2D eigenvalue weighted by molar-refractivity contribution is 7.13. The number of aromatic nitrogens is 1. The van der Waals surface area contributed by atoms with Crippen molar-refractivity contribution in [3.63, 3.8) is 0 Å². The molecule has 0 aliphatic rings. The minimum Gasteiger partial charge on any atom is -0.435 e. The van der Waals surface area contributed by atoms with Gasteiger partial charge in [-0.05, 0) is 37.2 Å². The molecule has 2 aromatic heterocycles. The SMILES string of the molecule is CCN(CC)c1ccc2cc(-c3nc(-c4ccccc4)cs3)c(=NO)oc2c1. The van der Waals surface area contributed by atoms with Gasteiger partial charge in [0.05, 0.1) is 11.3 Å². The first-order valence-electron chi connectivity index (χ1n) is 9.25. The Morgan fingerprint density at radius 1 is 1.07 bits per heavy atom. The van der Waals surface area contributed by atoms with Crippen LogP contribution in [0.25, 0.3) is 32.8 Å². The summed E-state index contributed by atoms with van der Waals surface area (Å²) in [6.45, 7) is 6.07. The monoisotopic (exact) mass is 391 g/mol. The first-order valence-corrected chi connectivity index (χ1v) is 10.1. The summed E-state index contributed by atoms with van der Waals surface area (Å²) < 4.78 is 5.91. The predicted octanol–water partition coefficient (Wildman–Crippen LogP) is 5.36. The van der Waals surface area contributed by atoms with Gasteiger partial charge in [0, 0.05) is 41.2 Å². The quantitative estimate of drug-likeness (QED) is 0.367. The normalized spacial score (nSPS) is 11.9. The number of fused-ring (bicyclic) bond motifs is 1. The van der Waals surface area contributed by atoms with Crippen LogP contribution < -0.4 is 10.5 Å². The van der Waals surface area contributed by atoms with Crippen molar-refractivity contribution in [2.45, 2.75) is 13.8 Å². The summed E-state index contributed by atoms with van der Waals surface area (Å²) in [6, 6.07) is 18.1. The number of hydrogen-bond donors (Lipinski definition) is 1. The van der Waals surface area contributed by atoms with Crippen LogP contribution in [-0.2, 0) is 0 Å². The van der Waals surface area contributed by atoms with Gasteiger partial charge >= 0.3 is 0 Å². The highest BCUT2D eigenvalue weighted by atomic mass is 32.1. The lowest BCUT2D eigenvalue weighted by Gasteiger charge is -2.21. The largest absolute Gasteiger partial charge is 0.435 e. The minimum absolute atomic E-state index is 0.165. The second kappa shape index (κ2) is 7.86. The molecule has 4 aromatic rings. The Balaban J connectivity index is 1.80. The highest BCUT2D eigenvalue weighted by Crippen LogP contribution is 2.30. The Bertz CT molecular complexity index is 1160. The van der Waals surface area contributed by atoms with Gasteiger partial charge in [-0.1, -0.05) is 30.3 Å². The number of benzene rings is 2. The first kappa shape index (κ1) is 18.3. The van der Waals surface area contributed by atoms with Gasteiger partial charge in [0.1, 0.15) is 10.6 Å². The van der Waals surface area contributed by atoms with E-state index in [9.17, 15) is 5.21 Å². The van der Waals surface area contributed by atoms with Crippen LogP contribution in [0.3, 0.4) is 0 Å². The van der Waals surface area contributed by atoms with E-state index < -0.39 is 0 Å². The third-order valence-electron chi connectivity index (χ3n) is 4.76. The van der Waals surface area contributed by atoms with Crippen LogP contribution in [-0.4, -0.2) is 23.3 Å². The van der Waals surface area contributed by atoms with E-state index in [1.54, 1.807) is 0 Å². The average molecular weight is 391 g/mol. The number of nitrogens with zero attached hydrogens (tertiary/aromatic N) is 3. The van der Waals surface area contributed by atoms with Crippen molar-refractivity contribution in [2.24, 2.45) is 5.16 Å². The predicted molar refractivity (Wildman–Crippen MR) is 114 cm³/mol. The van der Waals surface area contributed by atoms with Crippen molar-refractivity contribution in [2.75, 3.05) is 18.0 Å². The van der Waals surface area contributed by atoms with Crippen LogP contribution >= 0.6 is 11.3 Å². The molecule has 0 radical (unpaired) electrons. The van der Waals surface area contributed by atoms with Crippen molar-refractivity contribution >= 4 is 28.0 Å². The smallest absolute Gasteiger partial charge is 0.265 e. The molecule has 5 nitrogen and oxygen atoms in total. The zero-order valence-electron chi connectivity index (χ0n) is 15.8. The van der Waals surface area contributed by atoms with Gasteiger partial charge in [-0.2, -0.15) is 0 Å². The van der Waals surface area contributed by atoms with Crippen molar-refractivity contribution in [1.82, 2.24) is 4.98 Å². The summed E-state index contributed by atoms with van der Waals surface area (Å²) in [4.78, 5) is 6.96. The summed E-state index contributed by atoms with van der Waals surface area (Å²) in [5.41, 5.74) is 4.55. The van der Waals surface area contributed by atoms with E-state index in [0.717, 1.165) is 40.4 Å². The van der Waals surface area contributed by atoms with Crippen LogP contribution in [0.15, 0.2) is 69.6 Å². The third kappa shape index (κ3) is 3.39. The summed E-state index contributed by atoms with van der Waals surface area (Å²) in [5, 5.41) is 16.6. The Morgan fingerprint density at radius 3 is 2.57 bits per heavy atom. The summed E-state index contributed by atoms with van der Waals surface area (Å²) in [7, 11) is 0. The molecule has 0 atom stereocenters. The van der Waals surface area contributed by atoms with Crippen LogP contribution in [0.4, 0.5) is 5.69 Å². The molecule has 0 spiro atoms.